The smallest absolute Gasteiger partial charge is 0.257 e. The van der Waals surface area contributed by atoms with E-state index in [9.17, 15) is 14.4 Å². The third-order valence-corrected chi connectivity index (χ3v) is 7.81. The summed E-state index contributed by atoms with van der Waals surface area (Å²) in [6.07, 6.45) is 5.63. The van der Waals surface area contributed by atoms with Gasteiger partial charge in [0.25, 0.3) is 5.91 Å². The lowest BCUT2D eigenvalue weighted by molar-refractivity contribution is -0.149. The number of anilines is 1. The molecule has 2 fully saturated rings. The highest BCUT2D eigenvalue weighted by Crippen LogP contribution is 2.36. The van der Waals surface area contributed by atoms with Crippen LogP contribution < -0.4 is 4.90 Å². The zero-order chi connectivity index (χ0) is 25.4. The van der Waals surface area contributed by atoms with E-state index in [-0.39, 0.29) is 30.1 Å². The molecule has 1 unspecified atom stereocenters. The van der Waals surface area contributed by atoms with Crippen molar-refractivity contribution in [1.29, 1.82) is 0 Å². The number of oxazole rings is 1. The third-order valence-electron chi connectivity index (χ3n) is 7.81. The van der Waals surface area contributed by atoms with Crippen LogP contribution in [0.15, 0.2) is 52.9 Å². The minimum atomic E-state index is -0.779. The second kappa shape index (κ2) is 9.52. The molecule has 1 saturated heterocycles. The van der Waals surface area contributed by atoms with Crippen LogP contribution in [0.25, 0.3) is 22.6 Å². The average molecular weight is 488 g/mol. The lowest BCUT2D eigenvalue weighted by atomic mass is 9.85. The molecule has 1 aliphatic carbocycles. The zero-order valence-electron chi connectivity index (χ0n) is 21.2. The van der Waals surface area contributed by atoms with E-state index in [0.29, 0.717) is 23.6 Å². The second-order valence-corrected chi connectivity index (χ2v) is 10.5. The number of hydrogen-bond donors (Lipinski definition) is 0. The quantitative estimate of drug-likeness (QED) is 0.415. The number of nitrogens with zero attached hydrogens (tertiary/aromatic N) is 3. The fourth-order valence-electron chi connectivity index (χ4n) is 5.43. The number of fused-ring (bicyclic) bond motifs is 1. The van der Waals surface area contributed by atoms with Crippen LogP contribution in [0.1, 0.15) is 65.7 Å². The van der Waals surface area contributed by atoms with Gasteiger partial charge in [-0.3, -0.25) is 14.4 Å². The van der Waals surface area contributed by atoms with Crippen LogP contribution in [0.3, 0.4) is 0 Å². The van der Waals surface area contributed by atoms with Gasteiger partial charge in [-0.2, -0.15) is 0 Å². The van der Waals surface area contributed by atoms with Gasteiger partial charge in [0.2, 0.25) is 17.7 Å². The van der Waals surface area contributed by atoms with Crippen LogP contribution in [-0.4, -0.2) is 39.2 Å². The highest BCUT2D eigenvalue weighted by atomic mass is 16.3. The van der Waals surface area contributed by atoms with Gasteiger partial charge in [0, 0.05) is 17.0 Å². The number of rotatable bonds is 6. The van der Waals surface area contributed by atoms with Gasteiger partial charge in [0.1, 0.15) is 11.6 Å². The van der Waals surface area contributed by atoms with Gasteiger partial charge >= 0.3 is 0 Å². The van der Waals surface area contributed by atoms with Crippen molar-refractivity contribution in [2.45, 2.75) is 77.3 Å². The number of benzene rings is 2. The van der Waals surface area contributed by atoms with Gasteiger partial charge in [-0.1, -0.05) is 38.3 Å². The first-order valence-electron chi connectivity index (χ1n) is 13.0. The van der Waals surface area contributed by atoms with Crippen molar-refractivity contribution in [3.8, 4) is 11.5 Å². The first-order valence-corrected chi connectivity index (χ1v) is 13.0. The van der Waals surface area contributed by atoms with Crippen LogP contribution in [0, 0.1) is 5.92 Å². The molecule has 2 heterocycles. The van der Waals surface area contributed by atoms with E-state index in [1.807, 2.05) is 45.0 Å². The molecular formula is C29H33N3O4. The molecule has 1 aromatic heterocycles. The molecule has 0 N–H and O–H groups in total. The highest BCUT2D eigenvalue weighted by Gasteiger charge is 2.49. The summed E-state index contributed by atoms with van der Waals surface area (Å²) in [6, 6.07) is 13.8. The first-order chi connectivity index (χ1) is 17.3. The second-order valence-electron chi connectivity index (χ2n) is 10.5. The molecule has 7 heteroatoms. The van der Waals surface area contributed by atoms with E-state index in [0.717, 1.165) is 43.2 Å². The summed E-state index contributed by atoms with van der Waals surface area (Å²) in [5.74, 6) is -0.195. The normalized spacial score (nSPS) is 19.3. The zero-order valence-corrected chi connectivity index (χ0v) is 21.2. The number of imide groups is 1. The molecule has 1 aliphatic heterocycles. The Labute approximate surface area is 211 Å². The summed E-state index contributed by atoms with van der Waals surface area (Å²) >= 11 is 0. The summed E-state index contributed by atoms with van der Waals surface area (Å²) in [6.45, 7) is 6.00. The molecule has 2 aromatic carbocycles. The van der Waals surface area contributed by atoms with Gasteiger partial charge in [-0.25, -0.2) is 9.88 Å². The van der Waals surface area contributed by atoms with Crippen molar-refractivity contribution in [3.63, 3.8) is 0 Å². The number of carbonyl (C=O) groups excluding carboxylic acids is 3. The van der Waals surface area contributed by atoms with Crippen molar-refractivity contribution >= 4 is 34.5 Å². The predicted octanol–water partition coefficient (Wildman–Crippen LogP) is 5.72. The average Bonchev–Trinajstić information content (AvgIpc) is 3.45. The van der Waals surface area contributed by atoms with Crippen molar-refractivity contribution < 1.29 is 18.8 Å². The summed E-state index contributed by atoms with van der Waals surface area (Å²) in [7, 11) is 0. The molecule has 0 bridgehead atoms. The lowest BCUT2D eigenvalue weighted by Gasteiger charge is -2.43. The molecule has 188 valence electrons. The molecule has 3 amide bonds. The number of para-hydroxylation sites is 2. The van der Waals surface area contributed by atoms with E-state index < -0.39 is 11.6 Å². The molecule has 0 spiro atoms. The van der Waals surface area contributed by atoms with Gasteiger partial charge in [-0.05, 0) is 69.5 Å². The molecule has 7 nitrogen and oxygen atoms in total. The van der Waals surface area contributed by atoms with Crippen LogP contribution >= 0.6 is 0 Å². The van der Waals surface area contributed by atoms with Crippen LogP contribution in [-0.2, 0) is 14.4 Å². The molecular weight excluding hydrogens is 454 g/mol. The SMILES string of the molecule is CCC(C)(C)N(C(=O)C1CCCCC1)C1CC(=O)N(c2ccc(-c3nc4ccccc4o3)cc2)C1=O. The van der Waals surface area contributed by atoms with Crippen LogP contribution in [0.2, 0.25) is 0 Å². The Kier molecular flexibility index (Phi) is 6.41. The van der Waals surface area contributed by atoms with Crippen molar-refractivity contribution in [1.82, 2.24) is 9.88 Å². The largest absolute Gasteiger partial charge is 0.436 e. The van der Waals surface area contributed by atoms with Crippen molar-refractivity contribution in [3.05, 3.63) is 48.5 Å². The number of aromatic nitrogens is 1. The van der Waals surface area contributed by atoms with Crippen molar-refractivity contribution in [2.24, 2.45) is 5.92 Å². The maximum atomic E-state index is 13.7. The predicted molar refractivity (Wildman–Crippen MR) is 138 cm³/mol. The maximum absolute atomic E-state index is 13.7. The van der Waals surface area contributed by atoms with E-state index in [4.69, 9.17) is 4.42 Å². The van der Waals surface area contributed by atoms with Gasteiger partial charge in [0.15, 0.2) is 5.58 Å². The summed E-state index contributed by atoms with van der Waals surface area (Å²) in [5, 5.41) is 0. The van der Waals surface area contributed by atoms with E-state index >= 15 is 0 Å². The molecule has 1 atom stereocenters. The summed E-state index contributed by atoms with van der Waals surface area (Å²) < 4.78 is 5.84. The fourth-order valence-corrected chi connectivity index (χ4v) is 5.43. The molecule has 3 aromatic rings. The third kappa shape index (κ3) is 4.31. The van der Waals surface area contributed by atoms with E-state index in [1.165, 1.54) is 4.90 Å². The highest BCUT2D eigenvalue weighted by molar-refractivity contribution is 6.23. The topological polar surface area (TPSA) is 83.7 Å². The van der Waals surface area contributed by atoms with Gasteiger partial charge < -0.3 is 9.32 Å². The molecule has 36 heavy (non-hydrogen) atoms. The van der Waals surface area contributed by atoms with Gasteiger partial charge in [0.05, 0.1) is 12.1 Å². The Morgan fingerprint density at radius 3 is 2.42 bits per heavy atom. The van der Waals surface area contributed by atoms with Crippen LogP contribution in [0.4, 0.5) is 5.69 Å². The maximum Gasteiger partial charge on any atom is 0.257 e. The molecule has 1 saturated carbocycles. The van der Waals surface area contributed by atoms with E-state index in [2.05, 4.69) is 4.98 Å². The molecule has 5 rings (SSSR count). The Hall–Kier alpha value is -3.48. The molecule has 2 aliphatic rings. The van der Waals surface area contributed by atoms with Gasteiger partial charge in [-0.15, -0.1) is 0 Å². The lowest BCUT2D eigenvalue weighted by Crippen LogP contribution is -2.57. The monoisotopic (exact) mass is 487 g/mol. The standard InChI is InChI=1S/C29H33N3O4/c1-4-29(2,3)32(27(34)20-10-6-5-7-11-20)23-18-25(33)31(28(23)35)21-16-14-19(15-17-21)26-30-22-12-8-9-13-24(22)36-26/h8-9,12-17,20,23H,4-7,10-11,18H2,1-3H3. The number of amides is 3. The summed E-state index contributed by atoms with van der Waals surface area (Å²) in [5.41, 5.74) is 2.19. The summed E-state index contributed by atoms with van der Waals surface area (Å²) in [4.78, 5) is 48.0. The fraction of sp³-hybridized carbons (Fsp3) is 0.448. The van der Waals surface area contributed by atoms with E-state index in [1.54, 1.807) is 29.2 Å². The Morgan fingerprint density at radius 2 is 1.75 bits per heavy atom. The Balaban J connectivity index is 1.41. The number of carbonyl (C=O) groups is 3. The first kappa shape index (κ1) is 24.2. The Morgan fingerprint density at radius 1 is 1.06 bits per heavy atom. The minimum absolute atomic E-state index is 0.00754. The van der Waals surface area contributed by atoms with Crippen LogP contribution in [0.5, 0.6) is 0 Å². The van der Waals surface area contributed by atoms with Crippen molar-refractivity contribution in [2.75, 3.05) is 4.90 Å². The molecule has 0 radical (unpaired) electrons. The minimum Gasteiger partial charge on any atom is -0.436 e. The Bertz CT molecular complexity index is 1250. The number of hydrogen-bond acceptors (Lipinski definition) is 5.